The van der Waals surface area contributed by atoms with Crippen LogP contribution in [0.5, 0.6) is 0 Å². The van der Waals surface area contributed by atoms with Gasteiger partial charge >= 0.3 is 0 Å². The highest BCUT2D eigenvalue weighted by atomic mass is 32.1. The molecule has 5 rings (SSSR count). The van der Waals surface area contributed by atoms with Crippen molar-refractivity contribution in [3.05, 3.63) is 52.9 Å². The molecule has 1 aliphatic carbocycles. The molecule has 1 N–H and O–H groups in total. The molecule has 0 spiro atoms. The van der Waals surface area contributed by atoms with Crippen molar-refractivity contribution in [2.45, 2.75) is 32.7 Å². The fraction of sp³-hybridized carbons (Fsp3) is 0.300. The van der Waals surface area contributed by atoms with Crippen LogP contribution in [-0.2, 0) is 19.4 Å². The average Bonchev–Trinajstić information content (AvgIpc) is 3.38. The molecule has 0 radical (unpaired) electrons. The first kappa shape index (κ1) is 16.4. The maximum Gasteiger partial charge on any atom is 0.164 e. The summed E-state index contributed by atoms with van der Waals surface area (Å²) in [6.45, 7) is 3.62. The van der Waals surface area contributed by atoms with Crippen molar-refractivity contribution >= 4 is 27.4 Å². The maximum atomic E-state index is 4.87. The Morgan fingerprint density at radius 1 is 1.22 bits per heavy atom. The molecule has 6 nitrogen and oxygen atoms in total. The van der Waals surface area contributed by atoms with E-state index in [-0.39, 0.29) is 0 Å². The highest BCUT2D eigenvalue weighted by Crippen LogP contribution is 2.40. The third-order valence-electron chi connectivity index (χ3n) is 4.88. The maximum absolute atomic E-state index is 4.87. The Morgan fingerprint density at radius 2 is 2.19 bits per heavy atom. The summed E-state index contributed by atoms with van der Waals surface area (Å²) in [5.74, 6) is 1.66. The molecule has 4 heterocycles. The van der Waals surface area contributed by atoms with Crippen LogP contribution in [0.3, 0.4) is 0 Å². The van der Waals surface area contributed by atoms with Gasteiger partial charge in [0.1, 0.15) is 10.6 Å². The second kappa shape index (κ2) is 6.74. The molecule has 0 aromatic carbocycles. The zero-order valence-corrected chi connectivity index (χ0v) is 16.0. The number of pyridine rings is 1. The van der Waals surface area contributed by atoms with Crippen LogP contribution in [0.2, 0.25) is 0 Å². The molecule has 0 saturated heterocycles. The van der Waals surface area contributed by atoms with E-state index in [9.17, 15) is 0 Å². The highest BCUT2D eigenvalue weighted by molar-refractivity contribution is 7.19. The number of anilines is 1. The van der Waals surface area contributed by atoms with Crippen LogP contribution in [0.15, 0.2) is 36.9 Å². The van der Waals surface area contributed by atoms with Crippen LogP contribution in [0, 0.1) is 6.92 Å². The molecule has 0 amide bonds. The van der Waals surface area contributed by atoms with Crippen molar-refractivity contribution in [2.24, 2.45) is 0 Å². The number of aromatic nitrogens is 5. The van der Waals surface area contributed by atoms with Crippen molar-refractivity contribution in [2.75, 3.05) is 11.9 Å². The van der Waals surface area contributed by atoms with Gasteiger partial charge in [-0.1, -0.05) is 0 Å². The van der Waals surface area contributed by atoms with Gasteiger partial charge in [0.05, 0.1) is 18.1 Å². The molecule has 1 aliphatic rings. The lowest BCUT2D eigenvalue weighted by atomic mass is 10.2. The van der Waals surface area contributed by atoms with Gasteiger partial charge in [-0.25, -0.2) is 9.97 Å². The van der Waals surface area contributed by atoms with Gasteiger partial charge < -0.3 is 5.32 Å². The van der Waals surface area contributed by atoms with Gasteiger partial charge in [0, 0.05) is 35.6 Å². The monoisotopic (exact) mass is 376 g/mol. The summed E-state index contributed by atoms with van der Waals surface area (Å²) < 4.78 is 1.96. The van der Waals surface area contributed by atoms with Crippen LogP contribution in [0.1, 0.15) is 22.4 Å². The fourth-order valence-corrected chi connectivity index (χ4v) is 4.89. The van der Waals surface area contributed by atoms with E-state index >= 15 is 0 Å². The van der Waals surface area contributed by atoms with E-state index in [4.69, 9.17) is 9.97 Å². The van der Waals surface area contributed by atoms with Crippen molar-refractivity contribution in [3.8, 4) is 11.4 Å². The van der Waals surface area contributed by atoms with Crippen molar-refractivity contribution in [3.63, 3.8) is 0 Å². The quantitative estimate of drug-likeness (QED) is 0.573. The van der Waals surface area contributed by atoms with Gasteiger partial charge in [0.15, 0.2) is 5.82 Å². The SMILES string of the molecule is Cc1cnn(CCNc2nc(-c3cccnc3)nc3sc4c(c23)CCC4)c1. The predicted molar refractivity (Wildman–Crippen MR) is 108 cm³/mol. The summed E-state index contributed by atoms with van der Waals surface area (Å²) in [4.78, 5) is 16.5. The first-order valence-electron chi connectivity index (χ1n) is 9.23. The number of nitrogens with one attached hydrogen (secondary N) is 1. The van der Waals surface area contributed by atoms with E-state index in [1.54, 1.807) is 6.20 Å². The van der Waals surface area contributed by atoms with E-state index in [0.29, 0.717) is 0 Å². The lowest BCUT2D eigenvalue weighted by molar-refractivity contribution is 0.637. The predicted octanol–water partition coefficient (Wildman–Crippen LogP) is 3.86. The first-order valence-corrected chi connectivity index (χ1v) is 10.1. The van der Waals surface area contributed by atoms with E-state index in [1.165, 1.54) is 27.8 Å². The lowest BCUT2D eigenvalue weighted by Crippen LogP contribution is -2.12. The lowest BCUT2D eigenvalue weighted by Gasteiger charge is -2.10. The summed E-state index contributed by atoms with van der Waals surface area (Å²) in [7, 11) is 0. The normalized spacial score (nSPS) is 13.2. The highest BCUT2D eigenvalue weighted by Gasteiger charge is 2.22. The van der Waals surface area contributed by atoms with E-state index in [1.807, 2.05) is 40.5 Å². The number of rotatable bonds is 5. The number of hydrogen-bond acceptors (Lipinski definition) is 6. The van der Waals surface area contributed by atoms with Crippen LogP contribution < -0.4 is 5.32 Å². The standard InChI is InChI=1S/C20H20N6S/c1-13-10-23-26(12-13)9-8-22-19-17-15-5-2-6-16(15)27-20(17)25-18(24-19)14-4-3-7-21-11-14/h3-4,7,10-12H,2,5-6,8-9H2,1H3,(H,22,24,25). The van der Waals surface area contributed by atoms with Crippen LogP contribution in [0.4, 0.5) is 5.82 Å². The summed E-state index contributed by atoms with van der Waals surface area (Å²) in [6.07, 6.45) is 11.0. The molecule has 4 aromatic rings. The molecule has 4 aromatic heterocycles. The second-order valence-corrected chi connectivity index (χ2v) is 7.97. The van der Waals surface area contributed by atoms with Crippen LogP contribution in [0.25, 0.3) is 21.6 Å². The Balaban J connectivity index is 1.51. The fourth-order valence-electron chi connectivity index (χ4n) is 3.63. The van der Waals surface area contributed by atoms with Gasteiger partial charge in [-0.2, -0.15) is 5.10 Å². The molecule has 0 bridgehead atoms. The van der Waals surface area contributed by atoms with E-state index in [2.05, 4.69) is 28.5 Å². The molecule has 0 saturated carbocycles. The van der Waals surface area contributed by atoms with Crippen molar-refractivity contribution in [1.29, 1.82) is 0 Å². The van der Waals surface area contributed by atoms with E-state index in [0.717, 1.165) is 48.0 Å². The second-order valence-electron chi connectivity index (χ2n) is 6.88. The number of thiophene rings is 1. The summed E-state index contributed by atoms with van der Waals surface area (Å²) in [6, 6.07) is 3.93. The number of hydrogen-bond donors (Lipinski definition) is 1. The minimum absolute atomic E-state index is 0.730. The van der Waals surface area contributed by atoms with Gasteiger partial charge in [-0.3, -0.25) is 9.67 Å². The summed E-state index contributed by atoms with van der Waals surface area (Å²) in [5.41, 5.74) is 3.55. The number of nitrogens with zero attached hydrogens (tertiary/aromatic N) is 5. The van der Waals surface area contributed by atoms with Gasteiger partial charge in [0.25, 0.3) is 0 Å². The van der Waals surface area contributed by atoms with Crippen molar-refractivity contribution in [1.82, 2.24) is 24.7 Å². The molecular formula is C20H20N6S. The first-order chi connectivity index (χ1) is 13.3. The van der Waals surface area contributed by atoms with E-state index < -0.39 is 0 Å². The molecule has 136 valence electrons. The largest absolute Gasteiger partial charge is 0.368 e. The Labute approximate surface area is 161 Å². The third-order valence-corrected chi connectivity index (χ3v) is 6.07. The zero-order chi connectivity index (χ0) is 18.2. The molecule has 0 unspecified atom stereocenters. The Morgan fingerprint density at radius 3 is 3.00 bits per heavy atom. The molecular weight excluding hydrogens is 356 g/mol. The van der Waals surface area contributed by atoms with Crippen molar-refractivity contribution < 1.29 is 0 Å². The summed E-state index contributed by atoms with van der Waals surface area (Å²) >= 11 is 1.81. The Bertz CT molecular complexity index is 1100. The Hall–Kier alpha value is -2.80. The average molecular weight is 376 g/mol. The third kappa shape index (κ3) is 3.08. The molecule has 0 aliphatic heterocycles. The molecule has 7 heteroatoms. The summed E-state index contributed by atoms with van der Waals surface area (Å²) in [5, 5.41) is 9.11. The van der Waals surface area contributed by atoms with Gasteiger partial charge in [0.2, 0.25) is 0 Å². The minimum Gasteiger partial charge on any atom is -0.368 e. The van der Waals surface area contributed by atoms with Gasteiger partial charge in [-0.05, 0) is 49.4 Å². The zero-order valence-electron chi connectivity index (χ0n) is 15.1. The smallest absolute Gasteiger partial charge is 0.164 e. The topological polar surface area (TPSA) is 68.5 Å². The van der Waals surface area contributed by atoms with Crippen LogP contribution in [-0.4, -0.2) is 31.3 Å². The van der Waals surface area contributed by atoms with Crippen LogP contribution >= 0.6 is 11.3 Å². The molecule has 27 heavy (non-hydrogen) atoms. The minimum atomic E-state index is 0.730. The molecule has 0 atom stereocenters. The Kier molecular flexibility index (Phi) is 4.09. The van der Waals surface area contributed by atoms with Gasteiger partial charge in [-0.15, -0.1) is 11.3 Å². The molecule has 0 fully saturated rings. The number of fused-ring (bicyclic) bond motifs is 3. The number of aryl methyl sites for hydroxylation is 3.